The Bertz CT molecular complexity index is 531. The van der Waals surface area contributed by atoms with Crippen LogP contribution in [0.3, 0.4) is 0 Å². The minimum atomic E-state index is -0.547. The number of ether oxygens (including phenoxy) is 1. The Balaban J connectivity index is 2.80. The molecule has 0 atom stereocenters. The lowest BCUT2D eigenvalue weighted by molar-refractivity contribution is 0.0997. The number of primary amides is 1. The molecule has 0 radical (unpaired) electrons. The summed E-state index contributed by atoms with van der Waals surface area (Å²) >= 11 is 0. The summed E-state index contributed by atoms with van der Waals surface area (Å²) in [6, 6.07) is 3.21. The van der Waals surface area contributed by atoms with E-state index in [-0.39, 0.29) is 0 Å². The lowest BCUT2D eigenvalue weighted by Gasteiger charge is -2.04. The van der Waals surface area contributed by atoms with Gasteiger partial charge in [0, 0.05) is 6.92 Å². The van der Waals surface area contributed by atoms with Crippen LogP contribution >= 0.6 is 0 Å². The highest BCUT2D eigenvalue weighted by Gasteiger charge is 2.16. The van der Waals surface area contributed by atoms with Crippen molar-refractivity contribution in [3.8, 4) is 5.75 Å². The molecule has 1 aromatic carbocycles. The van der Waals surface area contributed by atoms with Gasteiger partial charge in [0.05, 0.1) is 12.7 Å². The third kappa shape index (κ3) is 1.41. The highest BCUT2D eigenvalue weighted by atomic mass is 16.5. The van der Waals surface area contributed by atoms with Crippen LogP contribution in [0.5, 0.6) is 5.75 Å². The molecule has 5 nitrogen and oxygen atoms in total. The number of methoxy groups -OCH3 is 1. The van der Waals surface area contributed by atoms with Crippen molar-refractivity contribution in [2.45, 2.75) is 6.92 Å². The summed E-state index contributed by atoms with van der Waals surface area (Å²) in [5.74, 6) is 0.330. The summed E-state index contributed by atoms with van der Waals surface area (Å²) in [6.45, 7) is 1.73. The maximum Gasteiger partial charge on any atom is 0.252 e. The van der Waals surface area contributed by atoms with E-state index in [1.165, 1.54) is 7.11 Å². The van der Waals surface area contributed by atoms with Crippen molar-refractivity contribution >= 4 is 17.0 Å². The first kappa shape index (κ1) is 9.51. The van der Waals surface area contributed by atoms with Crippen LogP contribution in [0.1, 0.15) is 16.2 Å². The second-order valence-corrected chi connectivity index (χ2v) is 3.09. The van der Waals surface area contributed by atoms with Gasteiger partial charge in [0.25, 0.3) is 5.91 Å². The van der Waals surface area contributed by atoms with E-state index in [4.69, 9.17) is 14.9 Å². The Hall–Kier alpha value is -2.04. The Labute approximate surface area is 85.8 Å². The Morgan fingerprint density at radius 1 is 1.53 bits per heavy atom. The SMILES string of the molecule is COc1c(C(N)=O)ccc2oc(C)nc12. The summed E-state index contributed by atoms with van der Waals surface area (Å²) in [7, 11) is 1.46. The van der Waals surface area contributed by atoms with E-state index in [2.05, 4.69) is 4.98 Å². The molecule has 2 rings (SSSR count). The van der Waals surface area contributed by atoms with Crippen LogP contribution in [0.25, 0.3) is 11.1 Å². The third-order valence-corrected chi connectivity index (χ3v) is 2.09. The van der Waals surface area contributed by atoms with E-state index in [0.29, 0.717) is 28.3 Å². The third-order valence-electron chi connectivity index (χ3n) is 2.09. The number of hydrogen-bond acceptors (Lipinski definition) is 4. The van der Waals surface area contributed by atoms with Crippen molar-refractivity contribution in [2.24, 2.45) is 5.73 Å². The molecule has 0 spiro atoms. The maximum absolute atomic E-state index is 11.1. The summed E-state index contributed by atoms with van der Waals surface area (Å²) in [5.41, 5.74) is 6.61. The van der Waals surface area contributed by atoms with Crippen LogP contribution < -0.4 is 10.5 Å². The van der Waals surface area contributed by atoms with Crippen molar-refractivity contribution in [1.29, 1.82) is 0 Å². The zero-order valence-electron chi connectivity index (χ0n) is 8.40. The normalized spacial score (nSPS) is 10.5. The number of hydrogen-bond donors (Lipinski definition) is 1. The molecule has 0 bridgehead atoms. The van der Waals surface area contributed by atoms with Crippen molar-refractivity contribution in [3.05, 3.63) is 23.6 Å². The molecule has 2 N–H and O–H groups in total. The molecule has 2 aromatic rings. The van der Waals surface area contributed by atoms with Gasteiger partial charge >= 0.3 is 0 Å². The molecule has 1 aromatic heterocycles. The molecular weight excluding hydrogens is 196 g/mol. The Kier molecular flexibility index (Phi) is 2.07. The number of nitrogens with two attached hydrogens (primary N) is 1. The van der Waals surface area contributed by atoms with Crippen molar-refractivity contribution in [3.63, 3.8) is 0 Å². The van der Waals surface area contributed by atoms with Gasteiger partial charge in [-0.05, 0) is 12.1 Å². The van der Waals surface area contributed by atoms with Gasteiger partial charge in [0.2, 0.25) is 0 Å². The van der Waals surface area contributed by atoms with Crippen LogP contribution in [0, 0.1) is 6.92 Å². The summed E-state index contributed by atoms with van der Waals surface area (Å²) in [4.78, 5) is 15.2. The van der Waals surface area contributed by atoms with E-state index < -0.39 is 5.91 Å². The largest absolute Gasteiger partial charge is 0.493 e. The average Bonchev–Trinajstić information content (AvgIpc) is 2.55. The number of rotatable bonds is 2. The van der Waals surface area contributed by atoms with Gasteiger partial charge in [0.15, 0.2) is 22.7 Å². The van der Waals surface area contributed by atoms with E-state index in [9.17, 15) is 4.79 Å². The Morgan fingerprint density at radius 3 is 2.87 bits per heavy atom. The van der Waals surface area contributed by atoms with Crippen LogP contribution in [0.4, 0.5) is 0 Å². The summed E-state index contributed by atoms with van der Waals surface area (Å²) in [5, 5.41) is 0. The smallest absolute Gasteiger partial charge is 0.252 e. The molecular formula is C10H10N2O3. The van der Waals surface area contributed by atoms with Gasteiger partial charge in [-0.25, -0.2) is 4.98 Å². The standard InChI is InChI=1S/C10H10N2O3/c1-5-12-8-7(15-5)4-3-6(10(11)13)9(8)14-2/h3-4H,1-2H3,(H2,11,13). The van der Waals surface area contributed by atoms with Gasteiger partial charge in [-0.1, -0.05) is 0 Å². The number of carbonyl (C=O) groups excluding carboxylic acids is 1. The fourth-order valence-corrected chi connectivity index (χ4v) is 1.48. The molecule has 1 amide bonds. The first-order valence-corrected chi connectivity index (χ1v) is 4.37. The van der Waals surface area contributed by atoms with Gasteiger partial charge < -0.3 is 14.9 Å². The highest BCUT2D eigenvalue weighted by Crippen LogP contribution is 2.29. The zero-order chi connectivity index (χ0) is 11.0. The lowest BCUT2D eigenvalue weighted by atomic mass is 10.1. The number of benzene rings is 1. The summed E-state index contributed by atoms with van der Waals surface area (Å²) in [6.07, 6.45) is 0. The molecule has 1 heterocycles. The van der Waals surface area contributed by atoms with E-state index >= 15 is 0 Å². The molecule has 0 unspecified atom stereocenters. The fraction of sp³-hybridized carbons (Fsp3) is 0.200. The fourth-order valence-electron chi connectivity index (χ4n) is 1.48. The number of aryl methyl sites for hydroxylation is 1. The van der Waals surface area contributed by atoms with Gasteiger partial charge in [-0.15, -0.1) is 0 Å². The van der Waals surface area contributed by atoms with E-state index in [1.807, 2.05) is 0 Å². The van der Waals surface area contributed by atoms with Crippen LogP contribution in [-0.2, 0) is 0 Å². The first-order valence-electron chi connectivity index (χ1n) is 4.37. The van der Waals surface area contributed by atoms with Crippen LogP contribution in [0.2, 0.25) is 0 Å². The minimum absolute atomic E-state index is 0.304. The molecule has 0 aliphatic rings. The number of carbonyl (C=O) groups is 1. The molecule has 0 aliphatic carbocycles. The minimum Gasteiger partial charge on any atom is -0.493 e. The van der Waals surface area contributed by atoms with Crippen LogP contribution in [0.15, 0.2) is 16.5 Å². The molecule has 0 aliphatic heterocycles. The number of amides is 1. The number of aromatic nitrogens is 1. The van der Waals surface area contributed by atoms with Crippen molar-refractivity contribution < 1.29 is 13.9 Å². The Morgan fingerprint density at radius 2 is 2.27 bits per heavy atom. The van der Waals surface area contributed by atoms with E-state index in [1.54, 1.807) is 19.1 Å². The topological polar surface area (TPSA) is 78.4 Å². The predicted octanol–water partition coefficient (Wildman–Crippen LogP) is 1.24. The molecule has 0 fully saturated rings. The van der Waals surface area contributed by atoms with Crippen LogP contribution in [-0.4, -0.2) is 18.0 Å². The van der Waals surface area contributed by atoms with Gasteiger partial charge in [-0.2, -0.15) is 0 Å². The predicted molar refractivity (Wildman–Crippen MR) is 53.8 cm³/mol. The van der Waals surface area contributed by atoms with Crippen molar-refractivity contribution in [2.75, 3.05) is 7.11 Å². The molecule has 5 heteroatoms. The number of oxazole rings is 1. The first-order chi connectivity index (χ1) is 7.13. The second-order valence-electron chi connectivity index (χ2n) is 3.09. The number of nitrogens with zero attached hydrogens (tertiary/aromatic N) is 1. The maximum atomic E-state index is 11.1. The van der Waals surface area contributed by atoms with Gasteiger partial charge in [-0.3, -0.25) is 4.79 Å². The van der Waals surface area contributed by atoms with E-state index in [0.717, 1.165) is 0 Å². The quantitative estimate of drug-likeness (QED) is 0.801. The number of fused-ring (bicyclic) bond motifs is 1. The lowest BCUT2D eigenvalue weighted by Crippen LogP contribution is -2.12. The van der Waals surface area contributed by atoms with Crippen molar-refractivity contribution in [1.82, 2.24) is 4.98 Å². The molecule has 0 saturated carbocycles. The monoisotopic (exact) mass is 206 g/mol. The van der Waals surface area contributed by atoms with Gasteiger partial charge in [0.1, 0.15) is 0 Å². The zero-order valence-corrected chi connectivity index (χ0v) is 8.40. The molecule has 15 heavy (non-hydrogen) atoms. The molecule has 0 saturated heterocycles. The second kappa shape index (κ2) is 3.27. The summed E-state index contributed by atoms with van der Waals surface area (Å²) < 4.78 is 10.4. The highest BCUT2D eigenvalue weighted by molar-refractivity contribution is 6.00. The molecule has 78 valence electrons. The average molecular weight is 206 g/mol.